The third kappa shape index (κ3) is 2.84. The summed E-state index contributed by atoms with van der Waals surface area (Å²) >= 11 is 0. The van der Waals surface area contributed by atoms with Crippen LogP contribution in [0.3, 0.4) is 0 Å². The molecule has 0 radical (unpaired) electrons. The fraction of sp³-hybridized carbons (Fsp3) is 0.238. The normalized spacial score (nSPS) is 14.9. The number of aromatic nitrogens is 1. The number of hydrogen-bond acceptors (Lipinski definition) is 2. The van der Waals surface area contributed by atoms with Crippen LogP contribution in [0.2, 0.25) is 0 Å². The molecule has 0 aliphatic carbocycles. The highest BCUT2D eigenvalue weighted by atomic mass is 16.2. The van der Waals surface area contributed by atoms with E-state index in [-0.39, 0.29) is 11.7 Å². The zero-order valence-corrected chi connectivity index (χ0v) is 14.2. The van der Waals surface area contributed by atoms with Crippen molar-refractivity contribution in [2.24, 2.45) is 7.05 Å². The summed E-state index contributed by atoms with van der Waals surface area (Å²) in [5.74, 6) is 0.252. The van der Waals surface area contributed by atoms with E-state index in [1.807, 2.05) is 42.2 Å². The van der Waals surface area contributed by atoms with Gasteiger partial charge in [0.25, 0.3) is 5.91 Å². The molecule has 1 fully saturated rings. The number of aryl methyl sites for hydroxylation is 1. The molecule has 1 amide bonds. The van der Waals surface area contributed by atoms with Crippen LogP contribution in [0.4, 0.5) is 0 Å². The van der Waals surface area contributed by atoms with Gasteiger partial charge in [0.1, 0.15) is 5.78 Å². The number of rotatable bonds is 2. The summed E-state index contributed by atoms with van der Waals surface area (Å²) in [6.45, 7) is 1.03. The Morgan fingerprint density at radius 2 is 1.64 bits per heavy atom. The number of Topliss-reactive ketones (excluding diaryl/α,β-unsaturated/α-hetero) is 1. The standard InChI is InChI=1S/C21H20N2O2/c1-22-13-19(18-8-4-6-15-5-2-3-7-17(15)18)20(14-22)21(25)23-11-9-16(24)10-12-23/h2-8,13-14H,9-12H2,1H3. The Labute approximate surface area is 146 Å². The summed E-state index contributed by atoms with van der Waals surface area (Å²) in [5, 5.41) is 2.30. The average molecular weight is 332 g/mol. The Morgan fingerprint density at radius 1 is 0.920 bits per heavy atom. The van der Waals surface area contributed by atoms with Crippen LogP contribution >= 0.6 is 0 Å². The fourth-order valence-corrected chi connectivity index (χ4v) is 3.56. The third-order valence-corrected chi connectivity index (χ3v) is 4.87. The van der Waals surface area contributed by atoms with E-state index in [1.165, 1.54) is 0 Å². The zero-order valence-electron chi connectivity index (χ0n) is 14.2. The van der Waals surface area contributed by atoms with Gasteiger partial charge in [-0.05, 0) is 16.3 Å². The van der Waals surface area contributed by atoms with Crippen molar-refractivity contribution < 1.29 is 9.59 Å². The number of piperidine rings is 1. The van der Waals surface area contributed by atoms with Crippen LogP contribution in [-0.2, 0) is 11.8 Å². The van der Waals surface area contributed by atoms with Crippen LogP contribution in [0.15, 0.2) is 54.9 Å². The first kappa shape index (κ1) is 15.6. The Morgan fingerprint density at radius 3 is 2.44 bits per heavy atom. The highest BCUT2D eigenvalue weighted by molar-refractivity contribution is 6.06. The van der Waals surface area contributed by atoms with Crippen molar-refractivity contribution in [1.29, 1.82) is 0 Å². The van der Waals surface area contributed by atoms with Gasteiger partial charge in [0.15, 0.2) is 0 Å². The fourth-order valence-electron chi connectivity index (χ4n) is 3.56. The molecule has 3 aromatic rings. The molecule has 1 aliphatic heterocycles. The first-order chi connectivity index (χ1) is 12.1. The highest BCUT2D eigenvalue weighted by Gasteiger charge is 2.25. The average Bonchev–Trinajstić information content (AvgIpc) is 3.03. The van der Waals surface area contributed by atoms with Crippen LogP contribution in [-0.4, -0.2) is 34.2 Å². The van der Waals surface area contributed by atoms with Crippen molar-refractivity contribution in [3.8, 4) is 11.1 Å². The van der Waals surface area contributed by atoms with Crippen molar-refractivity contribution >= 4 is 22.5 Å². The summed E-state index contributed by atoms with van der Waals surface area (Å²) < 4.78 is 1.93. The van der Waals surface area contributed by atoms with E-state index in [4.69, 9.17) is 0 Å². The lowest BCUT2D eigenvalue weighted by atomic mass is 9.97. The molecule has 1 aliphatic rings. The van der Waals surface area contributed by atoms with Gasteiger partial charge in [-0.3, -0.25) is 9.59 Å². The second-order valence-corrected chi connectivity index (χ2v) is 6.61. The van der Waals surface area contributed by atoms with Gasteiger partial charge in [0.05, 0.1) is 5.56 Å². The molecule has 4 nitrogen and oxygen atoms in total. The van der Waals surface area contributed by atoms with Crippen molar-refractivity contribution in [2.45, 2.75) is 12.8 Å². The molecule has 0 bridgehead atoms. The second kappa shape index (κ2) is 6.20. The van der Waals surface area contributed by atoms with E-state index in [2.05, 4.69) is 24.3 Å². The van der Waals surface area contributed by atoms with Crippen LogP contribution in [0.1, 0.15) is 23.2 Å². The number of carbonyl (C=O) groups excluding carboxylic acids is 2. The van der Waals surface area contributed by atoms with E-state index in [0.717, 1.165) is 21.9 Å². The lowest BCUT2D eigenvalue weighted by Gasteiger charge is -2.26. The molecule has 0 N–H and O–H groups in total. The third-order valence-electron chi connectivity index (χ3n) is 4.87. The molecule has 2 heterocycles. The van der Waals surface area contributed by atoms with Crippen LogP contribution in [0, 0.1) is 0 Å². The topological polar surface area (TPSA) is 42.3 Å². The maximum Gasteiger partial charge on any atom is 0.256 e. The smallest absolute Gasteiger partial charge is 0.256 e. The molecule has 2 aromatic carbocycles. The Hall–Kier alpha value is -2.88. The van der Waals surface area contributed by atoms with Gasteiger partial charge in [-0.15, -0.1) is 0 Å². The Balaban J connectivity index is 1.79. The molecule has 0 unspecified atom stereocenters. The van der Waals surface area contributed by atoms with Crippen LogP contribution in [0.5, 0.6) is 0 Å². The van der Waals surface area contributed by atoms with E-state index in [1.54, 1.807) is 4.90 Å². The molecule has 0 saturated carbocycles. The van der Waals surface area contributed by atoms with Gasteiger partial charge in [-0.1, -0.05) is 42.5 Å². The molecular formula is C21H20N2O2. The predicted molar refractivity (Wildman–Crippen MR) is 98.5 cm³/mol. The van der Waals surface area contributed by atoms with Gasteiger partial charge in [-0.25, -0.2) is 0 Å². The zero-order chi connectivity index (χ0) is 17.4. The molecule has 1 saturated heterocycles. The molecule has 4 heteroatoms. The summed E-state index contributed by atoms with van der Waals surface area (Å²) in [7, 11) is 1.94. The number of amides is 1. The van der Waals surface area contributed by atoms with Gasteiger partial charge >= 0.3 is 0 Å². The number of hydrogen-bond donors (Lipinski definition) is 0. The number of ketones is 1. The molecule has 25 heavy (non-hydrogen) atoms. The van der Waals surface area contributed by atoms with Crippen molar-refractivity contribution in [3.05, 3.63) is 60.4 Å². The van der Waals surface area contributed by atoms with E-state index in [0.29, 0.717) is 31.5 Å². The van der Waals surface area contributed by atoms with Gasteiger partial charge in [-0.2, -0.15) is 0 Å². The largest absolute Gasteiger partial charge is 0.356 e. The van der Waals surface area contributed by atoms with E-state index in [9.17, 15) is 9.59 Å². The van der Waals surface area contributed by atoms with Gasteiger partial charge in [0.2, 0.25) is 0 Å². The lowest BCUT2D eigenvalue weighted by molar-refractivity contribution is -0.120. The summed E-state index contributed by atoms with van der Waals surface area (Å²) in [6.07, 6.45) is 4.81. The molecule has 1 aromatic heterocycles. The monoisotopic (exact) mass is 332 g/mol. The minimum absolute atomic E-state index is 0.0102. The highest BCUT2D eigenvalue weighted by Crippen LogP contribution is 2.32. The van der Waals surface area contributed by atoms with Crippen molar-refractivity contribution in [1.82, 2.24) is 9.47 Å². The van der Waals surface area contributed by atoms with E-state index >= 15 is 0 Å². The molecule has 0 spiro atoms. The maximum absolute atomic E-state index is 13.1. The van der Waals surface area contributed by atoms with Gasteiger partial charge < -0.3 is 9.47 Å². The molecule has 126 valence electrons. The van der Waals surface area contributed by atoms with Crippen molar-refractivity contribution in [3.63, 3.8) is 0 Å². The summed E-state index contributed by atoms with van der Waals surface area (Å²) in [5.41, 5.74) is 2.71. The summed E-state index contributed by atoms with van der Waals surface area (Å²) in [4.78, 5) is 26.3. The first-order valence-electron chi connectivity index (χ1n) is 8.58. The molecular weight excluding hydrogens is 312 g/mol. The SMILES string of the molecule is Cn1cc(C(=O)N2CCC(=O)CC2)c(-c2cccc3ccccc23)c1. The Bertz CT molecular complexity index is 956. The predicted octanol–water partition coefficient (Wildman–Crippen LogP) is 3.65. The minimum atomic E-state index is 0.0102. The maximum atomic E-state index is 13.1. The number of likely N-dealkylation sites (tertiary alicyclic amines) is 1. The number of carbonyl (C=O) groups is 2. The number of benzene rings is 2. The second-order valence-electron chi connectivity index (χ2n) is 6.61. The van der Waals surface area contributed by atoms with Crippen LogP contribution < -0.4 is 0 Å². The number of fused-ring (bicyclic) bond motifs is 1. The summed E-state index contributed by atoms with van der Waals surface area (Å²) in [6, 6.07) is 14.4. The van der Waals surface area contributed by atoms with Gasteiger partial charge in [0, 0.05) is 50.9 Å². The lowest BCUT2D eigenvalue weighted by Crippen LogP contribution is -2.38. The molecule has 0 atom stereocenters. The first-order valence-corrected chi connectivity index (χ1v) is 8.58. The van der Waals surface area contributed by atoms with E-state index < -0.39 is 0 Å². The molecule has 4 rings (SSSR count). The van der Waals surface area contributed by atoms with Crippen molar-refractivity contribution in [2.75, 3.05) is 13.1 Å². The van der Waals surface area contributed by atoms with Crippen LogP contribution in [0.25, 0.3) is 21.9 Å². The Kier molecular flexibility index (Phi) is 3.88. The minimum Gasteiger partial charge on any atom is -0.356 e. The number of nitrogens with zero attached hydrogens (tertiary/aromatic N) is 2. The quantitative estimate of drug-likeness (QED) is 0.719.